The molecule has 0 spiro atoms. The number of carbonyl (C=O) groups is 1. The quantitative estimate of drug-likeness (QED) is 0.382. The molecule has 0 radical (unpaired) electrons. The maximum Gasteiger partial charge on any atom is 0.333 e. The van der Waals surface area contributed by atoms with Gasteiger partial charge >= 0.3 is 5.97 Å². The van der Waals surface area contributed by atoms with Gasteiger partial charge < -0.3 is 9.47 Å². The summed E-state index contributed by atoms with van der Waals surface area (Å²) in [5.41, 5.74) is 0. The minimum Gasteiger partial charge on any atom is -0.483 e. The van der Waals surface area contributed by atoms with Crippen molar-refractivity contribution in [1.29, 1.82) is 5.26 Å². The van der Waals surface area contributed by atoms with Gasteiger partial charge in [0.05, 0.1) is 18.9 Å². The molecule has 0 aliphatic heterocycles. The van der Waals surface area contributed by atoms with E-state index in [1.807, 2.05) is 19.9 Å². The molecule has 0 fully saturated rings. The second-order valence-corrected chi connectivity index (χ2v) is 3.23. The molecule has 0 heterocycles. The van der Waals surface area contributed by atoms with Gasteiger partial charge in [0.25, 0.3) is 0 Å². The zero-order valence-corrected chi connectivity index (χ0v) is 8.69. The van der Waals surface area contributed by atoms with Crippen molar-refractivity contribution in [3.63, 3.8) is 0 Å². The first-order valence-electron chi connectivity index (χ1n) is 4.44. The van der Waals surface area contributed by atoms with Crippen molar-refractivity contribution in [2.45, 2.75) is 26.9 Å². The number of rotatable bonds is 5. The number of carbonyl (C=O) groups excluding carboxylic acids is 1. The van der Waals surface area contributed by atoms with Crippen LogP contribution >= 0.6 is 0 Å². The third kappa shape index (κ3) is 7.17. The number of nitriles is 1. The molecule has 1 unspecified atom stereocenters. The highest BCUT2D eigenvalue weighted by atomic mass is 16.5. The van der Waals surface area contributed by atoms with Crippen molar-refractivity contribution < 1.29 is 14.3 Å². The highest BCUT2D eigenvalue weighted by Gasteiger charge is 2.00. The predicted molar refractivity (Wildman–Crippen MR) is 51.1 cm³/mol. The standard InChI is InChI=1S/C10H15NO3/c1-8(2)7-14-10(12)4-5-13-9(3)6-11/h4-5,8-9H,7H2,1-3H3. The average molecular weight is 197 g/mol. The number of hydrogen-bond donors (Lipinski definition) is 0. The molecule has 0 aromatic carbocycles. The molecule has 0 bridgehead atoms. The van der Waals surface area contributed by atoms with Crippen LogP contribution in [0.25, 0.3) is 0 Å². The summed E-state index contributed by atoms with van der Waals surface area (Å²) in [6, 6.07) is 1.86. The van der Waals surface area contributed by atoms with Crippen molar-refractivity contribution in [3.8, 4) is 6.07 Å². The van der Waals surface area contributed by atoms with E-state index in [4.69, 9.17) is 14.7 Å². The Balaban J connectivity index is 3.67. The van der Waals surface area contributed by atoms with Crippen LogP contribution in [0, 0.1) is 17.2 Å². The lowest BCUT2D eigenvalue weighted by molar-refractivity contribution is -0.138. The fraction of sp³-hybridized carbons (Fsp3) is 0.600. The van der Waals surface area contributed by atoms with Gasteiger partial charge in [0.15, 0.2) is 6.10 Å². The largest absolute Gasteiger partial charge is 0.483 e. The molecule has 0 rings (SSSR count). The first kappa shape index (κ1) is 12.5. The van der Waals surface area contributed by atoms with Crippen LogP contribution in [0.5, 0.6) is 0 Å². The van der Waals surface area contributed by atoms with Crippen LogP contribution in [0.1, 0.15) is 20.8 Å². The summed E-state index contributed by atoms with van der Waals surface area (Å²) < 4.78 is 9.66. The highest BCUT2D eigenvalue weighted by Crippen LogP contribution is 1.94. The van der Waals surface area contributed by atoms with E-state index in [2.05, 4.69) is 0 Å². The summed E-state index contributed by atoms with van der Waals surface area (Å²) in [7, 11) is 0. The second-order valence-electron chi connectivity index (χ2n) is 3.23. The maximum atomic E-state index is 10.9. The topological polar surface area (TPSA) is 59.3 Å². The molecule has 0 saturated carbocycles. The van der Waals surface area contributed by atoms with E-state index in [0.717, 1.165) is 6.08 Å². The molecule has 4 heteroatoms. The van der Waals surface area contributed by atoms with Crippen LogP contribution in [0.2, 0.25) is 0 Å². The molecule has 0 amide bonds. The van der Waals surface area contributed by atoms with Crippen LogP contribution in [0.4, 0.5) is 0 Å². The molecule has 4 nitrogen and oxygen atoms in total. The van der Waals surface area contributed by atoms with E-state index in [-0.39, 0.29) is 0 Å². The van der Waals surface area contributed by atoms with Crippen LogP contribution in [-0.4, -0.2) is 18.7 Å². The summed E-state index contributed by atoms with van der Waals surface area (Å²) >= 11 is 0. The molecule has 0 aromatic heterocycles. The van der Waals surface area contributed by atoms with Crippen molar-refractivity contribution >= 4 is 5.97 Å². The average Bonchev–Trinajstić information content (AvgIpc) is 2.14. The molecule has 0 N–H and O–H groups in total. The Morgan fingerprint density at radius 1 is 1.50 bits per heavy atom. The number of esters is 1. The molecular weight excluding hydrogens is 182 g/mol. The normalized spacial score (nSPS) is 12.5. The fourth-order valence-electron chi connectivity index (χ4n) is 0.540. The van der Waals surface area contributed by atoms with Gasteiger partial charge in [-0.15, -0.1) is 0 Å². The van der Waals surface area contributed by atoms with E-state index < -0.39 is 12.1 Å². The van der Waals surface area contributed by atoms with E-state index in [9.17, 15) is 4.79 Å². The molecule has 1 atom stereocenters. The SMILES string of the molecule is CC(C)COC(=O)C=COC(C)C#N. The summed E-state index contributed by atoms with van der Waals surface area (Å²) in [5, 5.41) is 8.35. The van der Waals surface area contributed by atoms with Crippen molar-refractivity contribution in [2.75, 3.05) is 6.61 Å². The van der Waals surface area contributed by atoms with E-state index in [1.165, 1.54) is 6.26 Å². The molecule has 78 valence electrons. The Bertz CT molecular complexity index is 240. The van der Waals surface area contributed by atoms with E-state index >= 15 is 0 Å². The fourth-order valence-corrected chi connectivity index (χ4v) is 0.540. The zero-order chi connectivity index (χ0) is 11.0. The van der Waals surface area contributed by atoms with Crippen molar-refractivity contribution in [3.05, 3.63) is 12.3 Å². The Morgan fingerprint density at radius 3 is 2.64 bits per heavy atom. The van der Waals surface area contributed by atoms with Gasteiger partial charge in [-0.05, 0) is 12.8 Å². The molecule has 0 aliphatic rings. The monoisotopic (exact) mass is 197 g/mol. The van der Waals surface area contributed by atoms with E-state index in [1.54, 1.807) is 6.92 Å². The van der Waals surface area contributed by atoms with Gasteiger partial charge in [-0.25, -0.2) is 4.79 Å². The Kier molecular flexibility index (Phi) is 6.21. The first-order chi connectivity index (χ1) is 6.56. The third-order valence-corrected chi connectivity index (χ3v) is 1.23. The van der Waals surface area contributed by atoms with Gasteiger partial charge in [0.1, 0.15) is 6.07 Å². The molecule has 0 aromatic rings. The van der Waals surface area contributed by atoms with Crippen LogP contribution in [0.3, 0.4) is 0 Å². The van der Waals surface area contributed by atoms with E-state index in [0.29, 0.717) is 12.5 Å². The lowest BCUT2D eigenvalue weighted by Gasteiger charge is -2.04. The van der Waals surface area contributed by atoms with Gasteiger partial charge in [0, 0.05) is 0 Å². The zero-order valence-electron chi connectivity index (χ0n) is 8.69. The van der Waals surface area contributed by atoms with Gasteiger partial charge in [-0.2, -0.15) is 5.26 Å². The van der Waals surface area contributed by atoms with Gasteiger partial charge in [-0.3, -0.25) is 0 Å². The third-order valence-electron chi connectivity index (χ3n) is 1.23. The van der Waals surface area contributed by atoms with Crippen LogP contribution in [0.15, 0.2) is 12.3 Å². The minimum absolute atomic E-state index is 0.311. The maximum absolute atomic E-state index is 10.9. The number of hydrogen-bond acceptors (Lipinski definition) is 4. The Hall–Kier alpha value is -1.50. The highest BCUT2D eigenvalue weighted by molar-refractivity contribution is 5.81. The lowest BCUT2D eigenvalue weighted by Crippen LogP contribution is -2.07. The van der Waals surface area contributed by atoms with Crippen LogP contribution < -0.4 is 0 Å². The molecular formula is C10H15NO3. The van der Waals surface area contributed by atoms with Crippen LogP contribution in [-0.2, 0) is 14.3 Å². The van der Waals surface area contributed by atoms with Crippen molar-refractivity contribution in [1.82, 2.24) is 0 Å². The molecule has 14 heavy (non-hydrogen) atoms. The van der Waals surface area contributed by atoms with Gasteiger partial charge in [0.2, 0.25) is 0 Å². The summed E-state index contributed by atoms with van der Waals surface area (Å²) in [6.45, 7) is 5.87. The van der Waals surface area contributed by atoms with Crippen molar-refractivity contribution in [2.24, 2.45) is 5.92 Å². The second kappa shape index (κ2) is 6.96. The smallest absolute Gasteiger partial charge is 0.333 e. The molecule has 0 aliphatic carbocycles. The summed E-state index contributed by atoms with van der Waals surface area (Å²) in [5.74, 6) is -0.143. The first-order valence-corrected chi connectivity index (χ1v) is 4.44. The minimum atomic E-state index is -0.552. The Morgan fingerprint density at radius 2 is 2.14 bits per heavy atom. The molecule has 0 saturated heterocycles. The van der Waals surface area contributed by atoms with Gasteiger partial charge in [-0.1, -0.05) is 13.8 Å². The lowest BCUT2D eigenvalue weighted by atomic mass is 10.2. The predicted octanol–water partition coefficient (Wildman–Crippen LogP) is 1.63. The number of nitrogens with zero attached hydrogens (tertiary/aromatic N) is 1. The Labute approximate surface area is 84.1 Å². The summed E-state index contributed by atoms with van der Waals surface area (Å²) in [6.07, 6.45) is 1.79. The number of ether oxygens (including phenoxy) is 2. The summed E-state index contributed by atoms with van der Waals surface area (Å²) in [4.78, 5) is 10.9.